The molecule has 0 radical (unpaired) electrons. The van der Waals surface area contributed by atoms with Gasteiger partial charge in [0.1, 0.15) is 0 Å². The van der Waals surface area contributed by atoms with Gasteiger partial charge in [0.2, 0.25) is 11.8 Å². The number of benzene rings is 1. The maximum Gasteiger partial charge on any atom is 0.322 e. The average Bonchev–Trinajstić information content (AvgIpc) is 2.76. The lowest BCUT2D eigenvalue weighted by molar-refractivity contribution is -0.116. The smallest absolute Gasteiger partial charge is 0.322 e. The Balaban J connectivity index is 2.18. The number of hydrogen-bond donors (Lipinski definition) is 1. The van der Waals surface area contributed by atoms with Crippen molar-refractivity contribution in [3.8, 4) is 11.5 Å². The highest BCUT2D eigenvalue weighted by molar-refractivity contribution is 5.88. The van der Waals surface area contributed by atoms with Crippen molar-refractivity contribution in [3.63, 3.8) is 0 Å². The number of hydrogen-bond acceptors (Lipinski definition) is 4. The molecular formula is C14H17N3O2. The van der Waals surface area contributed by atoms with E-state index in [0.717, 1.165) is 23.1 Å². The van der Waals surface area contributed by atoms with E-state index in [9.17, 15) is 4.79 Å². The molecule has 0 saturated carbocycles. The van der Waals surface area contributed by atoms with Crippen LogP contribution in [0.15, 0.2) is 22.6 Å². The summed E-state index contributed by atoms with van der Waals surface area (Å²) in [5.41, 5.74) is 3.12. The quantitative estimate of drug-likeness (QED) is 0.916. The highest BCUT2D eigenvalue weighted by atomic mass is 16.4. The van der Waals surface area contributed by atoms with Gasteiger partial charge in [0.05, 0.1) is 0 Å². The third-order valence-corrected chi connectivity index (χ3v) is 2.62. The van der Waals surface area contributed by atoms with Crippen molar-refractivity contribution in [2.24, 2.45) is 0 Å². The second kappa shape index (κ2) is 5.65. The molecule has 0 unspecified atom stereocenters. The number of amides is 1. The van der Waals surface area contributed by atoms with Crippen LogP contribution in [0.4, 0.5) is 6.01 Å². The van der Waals surface area contributed by atoms with Crippen molar-refractivity contribution in [1.29, 1.82) is 0 Å². The number of aromatic nitrogens is 2. The molecule has 1 N–H and O–H groups in total. The number of rotatable bonds is 4. The number of nitrogens with zero attached hydrogens (tertiary/aromatic N) is 2. The molecule has 1 heterocycles. The predicted molar refractivity (Wildman–Crippen MR) is 72.7 cm³/mol. The number of anilines is 1. The Kier molecular flexibility index (Phi) is 3.94. The van der Waals surface area contributed by atoms with Gasteiger partial charge in [-0.25, -0.2) is 0 Å². The molecule has 100 valence electrons. The minimum atomic E-state index is -0.113. The standard InChI is InChI=1S/C14H17N3O2/c1-4-5-12(18)15-14-17-16-13(19-14)11-7-9(2)6-10(3)8-11/h6-8H,4-5H2,1-3H3,(H,15,17,18). The van der Waals surface area contributed by atoms with Crippen molar-refractivity contribution >= 4 is 11.9 Å². The molecule has 0 aliphatic carbocycles. The minimum absolute atomic E-state index is 0.113. The third kappa shape index (κ3) is 3.40. The molecule has 5 heteroatoms. The summed E-state index contributed by atoms with van der Waals surface area (Å²) < 4.78 is 5.44. The molecule has 2 aromatic rings. The molecule has 1 aromatic heterocycles. The summed E-state index contributed by atoms with van der Waals surface area (Å²) in [6, 6.07) is 6.16. The van der Waals surface area contributed by atoms with Crippen LogP contribution in [0.25, 0.3) is 11.5 Å². The van der Waals surface area contributed by atoms with E-state index in [1.54, 1.807) is 0 Å². The van der Waals surface area contributed by atoms with Gasteiger partial charge >= 0.3 is 6.01 Å². The first-order chi connectivity index (χ1) is 9.08. The molecule has 0 atom stereocenters. The van der Waals surface area contributed by atoms with Gasteiger partial charge in [-0.3, -0.25) is 10.1 Å². The van der Waals surface area contributed by atoms with Crippen molar-refractivity contribution < 1.29 is 9.21 Å². The number of carbonyl (C=O) groups excluding carboxylic acids is 1. The zero-order chi connectivity index (χ0) is 13.8. The molecular weight excluding hydrogens is 242 g/mol. The van der Waals surface area contributed by atoms with Crippen LogP contribution in [0, 0.1) is 13.8 Å². The monoisotopic (exact) mass is 259 g/mol. The molecule has 0 bridgehead atoms. The van der Waals surface area contributed by atoms with Crippen LogP contribution in [0.2, 0.25) is 0 Å². The molecule has 1 aromatic carbocycles. The van der Waals surface area contributed by atoms with Gasteiger partial charge < -0.3 is 4.42 Å². The minimum Gasteiger partial charge on any atom is -0.403 e. The second-order valence-corrected chi connectivity index (χ2v) is 4.59. The lowest BCUT2D eigenvalue weighted by atomic mass is 10.1. The summed E-state index contributed by atoms with van der Waals surface area (Å²) in [4.78, 5) is 11.4. The predicted octanol–water partition coefficient (Wildman–Crippen LogP) is 3.09. The van der Waals surface area contributed by atoms with E-state index in [4.69, 9.17) is 4.42 Å². The van der Waals surface area contributed by atoms with E-state index in [-0.39, 0.29) is 11.9 Å². The van der Waals surface area contributed by atoms with E-state index in [1.165, 1.54) is 0 Å². The lowest BCUT2D eigenvalue weighted by Gasteiger charge is -2.00. The second-order valence-electron chi connectivity index (χ2n) is 4.59. The van der Waals surface area contributed by atoms with E-state index in [0.29, 0.717) is 12.3 Å². The molecule has 0 saturated heterocycles. The highest BCUT2D eigenvalue weighted by Crippen LogP contribution is 2.22. The van der Waals surface area contributed by atoms with Crippen LogP contribution >= 0.6 is 0 Å². The van der Waals surface area contributed by atoms with Crippen LogP contribution in [0.1, 0.15) is 30.9 Å². The molecule has 1 amide bonds. The van der Waals surface area contributed by atoms with Gasteiger partial charge in [-0.1, -0.05) is 29.2 Å². The SMILES string of the molecule is CCCC(=O)Nc1nnc(-c2cc(C)cc(C)c2)o1. The lowest BCUT2D eigenvalue weighted by Crippen LogP contribution is -2.10. The van der Waals surface area contributed by atoms with Crippen LogP contribution in [0.5, 0.6) is 0 Å². The molecule has 19 heavy (non-hydrogen) atoms. The summed E-state index contributed by atoms with van der Waals surface area (Å²) in [5.74, 6) is 0.303. The molecule has 0 fully saturated rings. The van der Waals surface area contributed by atoms with Gasteiger partial charge in [-0.05, 0) is 32.4 Å². The van der Waals surface area contributed by atoms with Crippen LogP contribution in [0.3, 0.4) is 0 Å². The Morgan fingerprint density at radius 1 is 1.21 bits per heavy atom. The third-order valence-electron chi connectivity index (χ3n) is 2.62. The van der Waals surface area contributed by atoms with Gasteiger partial charge in [0.25, 0.3) is 0 Å². The maximum atomic E-state index is 11.4. The van der Waals surface area contributed by atoms with Gasteiger partial charge in [-0.15, -0.1) is 5.10 Å². The Bertz CT molecular complexity index is 570. The van der Waals surface area contributed by atoms with Crippen molar-refractivity contribution in [1.82, 2.24) is 10.2 Å². The Labute approximate surface area is 112 Å². The topological polar surface area (TPSA) is 68.0 Å². The molecule has 0 aliphatic heterocycles. The van der Waals surface area contributed by atoms with Crippen LogP contribution < -0.4 is 5.32 Å². The maximum absolute atomic E-state index is 11.4. The van der Waals surface area contributed by atoms with E-state index < -0.39 is 0 Å². The van der Waals surface area contributed by atoms with Crippen molar-refractivity contribution in [2.45, 2.75) is 33.6 Å². The van der Waals surface area contributed by atoms with Gasteiger partial charge in [-0.2, -0.15) is 0 Å². The zero-order valence-corrected chi connectivity index (χ0v) is 11.4. The molecule has 0 aliphatic rings. The fourth-order valence-electron chi connectivity index (χ4n) is 1.90. The summed E-state index contributed by atoms with van der Waals surface area (Å²) in [7, 11) is 0. The largest absolute Gasteiger partial charge is 0.403 e. The Morgan fingerprint density at radius 2 is 1.89 bits per heavy atom. The number of nitrogens with one attached hydrogen (secondary N) is 1. The fraction of sp³-hybridized carbons (Fsp3) is 0.357. The normalized spacial score (nSPS) is 10.5. The summed E-state index contributed by atoms with van der Waals surface area (Å²) in [6.45, 7) is 5.96. The molecule has 2 rings (SSSR count). The van der Waals surface area contributed by atoms with E-state index >= 15 is 0 Å². The summed E-state index contributed by atoms with van der Waals surface area (Å²) in [6.07, 6.45) is 1.23. The highest BCUT2D eigenvalue weighted by Gasteiger charge is 2.11. The Morgan fingerprint density at radius 3 is 2.53 bits per heavy atom. The van der Waals surface area contributed by atoms with Gasteiger partial charge in [0, 0.05) is 12.0 Å². The van der Waals surface area contributed by atoms with Gasteiger partial charge in [0.15, 0.2) is 0 Å². The number of carbonyl (C=O) groups is 1. The van der Waals surface area contributed by atoms with E-state index in [2.05, 4.69) is 21.6 Å². The van der Waals surface area contributed by atoms with Crippen LogP contribution in [-0.4, -0.2) is 16.1 Å². The first-order valence-corrected chi connectivity index (χ1v) is 6.30. The molecule has 5 nitrogen and oxygen atoms in total. The average molecular weight is 259 g/mol. The zero-order valence-electron chi connectivity index (χ0n) is 11.4. The Hall–Kier alpha value is -2.17. The molecule has 0 spiro atoms. The fourth-order valence-corrected chi connectivity index (χ4v) is 1.90. The first-order valence-electron chi connectivity index (χ1n) is 6.30. The van der Waals surface area contributed by atoms with Crippen molar-refractivity contribution in [3.05, 3.63) is 29.3 Å². The van der Waals surface area contributed by atoms with Crippen molar-refractivity contribution in [2.75, 3.05) is 5.32 Å². The summed E-state index contributed by atoms with van der Waals surface area (Å²) >= 11 is 0. The number of aryl methyl sites for hydroxylation is 2. The van der Waals surface area contributed by atoms with E-state index in [1.807, 2.05) is 32.9 Å². The van der Waals surface area contributed by atoms with Crippen LogP contribution in [-0.2, 0) is 4.79 Å². The summed E-state index contributed by atoms with van der Waals surface area (Å²) in [5, 5.41) is 10.4. The first kappa shape index (κ1) is 13.3.